The molecule has 0 aliphatic heterocycles. The summed E-state index contributed by atoms with van der Waals surface area (Å²) in [5.74, 6) is -0.493. The molecule has 6 nitrogen and oxygen atoms in total. The van der Waals surface area contributed by atoms with Gasteiger partial charge in [0.2, 0.25) is 0 Å². The second kappa shape index (κ2) is 9.48. The second-order valence-electron chi connectivity index (χ2n) is 5.74. The van der Waals surface area contributed by atoms with E-state index < -0.39 is 12.0 Å². The molecule has 3 N–H and O–H groups in total. The quantitative estimate of drug-likeness (QED) is 0.534. The van der Waals surface area contributed by atoms with E-state index in [1.165, 1.54) is 0 Å². The SMILES string of the molecule is CCOC(=O)[C@H](C)NC(=O)c1ccc(COc2c(N)cc(Cl)cc2Cl)cc1. The molecule has 2 aromatic rings. The number of hydrogen-bond donors (Lipinski definition) is 2. The average Bonchev–Trinajstić information content (AvgIpc) is 2.61. The zero-order chi connectivity index (χ0) is 20.0. The van der Waals surface area contributed by atoms with Crippen molar-refractivity contribution >= 4 is 40.8 Å². The summed E-state index contributed by atoms with van der Waals surface area (Å²) in [6, 6.07) is 9.13. The molecular weight excluding hydrogens is 391 g/mol. The second-order valence-corrected chi connectivity index (χ2v) is 6.58. The van der Waals surface area contributed by atoms with Crippen molar-refractivity contribution in [2.75, 3.05) is 12.3 Å². The maximum Gasteiger partial charge on any atom is 0.328 e. The topological polar surface area (TPSA) is 90.6 Å². The van der Waals surface area contributed by atoms with Crippen molar-refractivity contribution in [2.24, 2.45) is 0 Å². The maximum absolute atomic E-state index is 12.2. The molecule has 0 fully saturated rings. The van der Waals surface area contributed by atoms with E-state index in [4.69, 9.17) is 38.4 Å². The van der Waals surface area contributed by atoms with Crippen molar-refractivity contribution < 1.29 is 19.1 Å². The minimum atomic E-state index is -0.726. The first-order valence-electron chi connectivity index (χ1n) is 8.25. The fourth-order valence-corrected chi connectivity index (χ4v) is 2.81. The van der Waals surface area contributed by atoms with E-state index in [0.717, 1.165) is 5.56 Å². The number of nitrogens with two attached hydrogens (primary N) is 1. The number of anilines is 1. The van der Waals surface area contributed by atoms with Crippen LogP contribution in [0.2, 0.25) is 10.0 Å². The Bertz CT molecular complexity index is 802. The van der Waals surface area contributed by atoms with Crippen LogP contribution < -0.4 is 15.8 Å². The zero-order valence-corrected chi connectivity index (χ0v) is 16.4. The van der Waals surface area contributed by atoms with E-state index in [9.17, 15) is 9.59 Å². The van der Waals surface area contributed by atoms with Crippen LogP contribution in [0.4, 0.5) is 5.69 Å². The molecule has 0 saturated carbocycles. The normalized spacial score (nSPS) is 11.6. The summed E-state index contributed by atoms with van der Waals surface area (Å²) < 4.78 is 10.5. The Morgan fingerprint density at radius 3 is 2.44 bits per heavy atom. The number of hydrogen-bond acceptors (Lipinski definition) is 5. The van der Waals surface area contributed by atoms with Gasteiger partial charge in [0.25, 0.3) is 5.91 Å². The molecule has 0 aromatic heterocycles. The summed E-state index contributed by atoms with van der Waals surface area (Å²) in [6.07, 6.45) is 0. The molecule has 27 heavy (non-hydrogen) atoms. The van der Waals surface area contributed by atoms with E-state index in [2.05, 4.69) is 5.32 Å². The van der Waals surface area contributed by atoms with Gasteiger partial charge in [-0.15, -0.1) is 0 Å². The van der Waals surface area contributed by atoms with Gasteiger partial charge in [-0.05, 0) is 43.7 Å². The van der Waals surface area contributed by atoms with Gasteiger partial charge in [0.1, 0.15) is 12.6 Å². The van der Waals surface area contributed by atoms with Crippen LogP contribution in [-0.4, -0.2) is 24.5 Å². The first-order chi connectivity index (χ1) is 12.8. The molecule has 0 bridgehead atoms. The number of nitrogen functional groups attached to an aromatic ring is 1. The highest BCUT2D eigenvalue weighted by atomic mass is 35.5. The number of carbonyl (C=O) groups excluding carboxylic acids is 2. The molecule has 0 aliphatic rings. The molecule has 2 rings (SSSR count). The van der Waals surface area contributed by atoms with Crippen molar-refractivity contribution in [1.29, 1.82) is 0 Å². The first kappa shape index (κ1) is 20.9. The summed E-state index contributed by atoms with van der Waals surface area (Å²) in [7, 11) is 0. The van der Waals surface area contributed by atoms with Gasteiger partial charge < -0.3 is 20.5 Å². The molecule has 0 spiro atoms. The third-order valence-electron chi connectivity index (χ3n) is 3.62. The number of nitrogens with one attached hydrogen (secondary N) is 1. The minimum absolute atomic E-state index is 0.215. The van der Waals surface area contributed by atoms with Gasteiger partial charge in [-0.25, -0.2) is 4.79 Å². The molecule has 8 heteroatoms. The predicted molar refractivity (Wildman–Crippen MR) is 105 cm³/mol. The smallest absolute Gasteiger partial charge is 0.328 e. The van der Waals surface area contributed by atoms with Crippen LogP contribution in [-0.2, 0) is 16.1 Å². The Kier molecular flexibility index (Phi) is 7.33. The maximum atomic E-state index is 12.2. The fourth-order valence-electron chi connectivity index (χ4n) is 2.25. The number of rotatable bonds is 7. The third kappa shape index (κ3) is 5.77. The lowest BCUT2D eigenvalue weighted by atomic mass is 10.1. The standard InChI is InChI=1S/C19H20Cl2N2O4/c1-3-26-19(25)11(2)23-18(24)13-6-4-12(5-7-13)10-27-17-15(21)8-14(20)9-16(17)22/h4-9,11H,3,10,22H2,1-2H3,(H,23,24)/t11-/m0/s1. The predicted octanol–water partition coefficient (Wildman–Crippen LogP) is 3.84. The highest BCUT2D eigenvalue weighted by Crippen LogP contribution is 2.34. The fraction of sp³-hybridized carbons (Fsp3) is 0.263. The van der Waals surface area contributed by atoms with Crippen molar-refractivity contribution in [3.63, 3.8) is 0 Å². The first-order valence-corrected chi connectivity index (χ1v) is 9.01. The summed E-state index contributed by atoms with van der Waals surface area (Å²) in [5, 5.41) is 3.34. The lowest BCUT2D eigenvalue weighted by Crippen LogP contribution is -2.39. The molecule has 0 aliphatic carbocycles. The lowest BCUT2D eigenvalue weighted by molar-refractivity contribution is -0.144. The number of esters is 1. The highest BCUT2D eigenvalue weighted by Gasteiger charge is 2.17. The lowest BCUT2D eigenvalue weighted by Gasteiger charge is -2.13. The Morgan fingerprint density at radius 2 is 1.85 bits per heavy atom. The minimum Gasteiger partial charge on any atom is -0.485 e. The number of amides is 1. The summed E-state index contributed by atoms with van der Waals surface area (Å²) in [5.41, 5.74) is 7.43. The molecule has 0 unspecified atom stereocenters. The van der Waals surface area contributed by atoms with Crippen LogP contribution in [0.3, 0.4) is 0 Å². The average molecular weight is 411 g/mol. The van der Waals surface area contributed by atoms with Gasteiger partial charge in [-0.2, -0.15) is 0 Å². The molecule has 0 saturated heterocycles. The number of carbonyl (C=O) groups is 2. The Morgan fingerprint density at radius 1 is 1.19 bits per heavy atom. The number of benzene rings is 2. The summed E-state index contributed by atoms with van der Waals surface area (Å²) in [4.78, 5) is 23.8. The van der Waals surface area contributed by atoms with E-state index in [-0.39, 0.29) is 19.1 Å². The van der Waals surface area contributed by atoms with E-state index in [1.807, 2.05) is 0 Å². The van der Waals surface area contributed by atoms with Gasteiger partial charge in [0, 0.05) is 10.6 Å². The van der Waals surface area contributed by atoms with Crippen molar-refractivity contribution in [3.8, 4) is 5.75 Å². The van der Waals surface area contributed by atoms with Gasteiger partial charge in [-0.1, -0.05) is 35.3 Å². The molecule has 2 aromatic carbocycles. The monoisotopic (exact) mass is 410 g/mol. The molecule has 0 heterocycles. The molecule has 144 valence electrons. The van der Waals surface area contributed by atoms with Gasteiger partial charge >= 0.3 is 5.97 Å². The van der Waals surface area contributed by atoms with Crippen LogP contribution >= 0.6 is 23.2 Å². The van der Waals surface area contributed by atoms with Crippen LogP contribution in [0.1, 0.15) is 29.8 Å². The summed E-state index contributed by atoms with van der Waals surface area (Å²) >= 11 is 12.0. The Labute approximate surface area is 167 Å². The largest absolute Gasteiger partial charge is 0.485 e. The Balaban J connectivity index is 1.97. The van der Waals surface area contributed by atoms with E-state index in [1.54, 1.807) is 50.2 Å². The molecule has 1 amide bonds. The summed E-state index contributed by atoms with van der Waals surface area (Å²) in [6.45, 7) is 3.75. The molecule has 1 atom stereocenters. The van der Waals surface area contributed by atoms with E-state index in [0.29, 0.717) is 27.0 Å². The van der Waals surface area contributed by atoms with Crippen LogP contribution in [0.5, 0.6) is 5.75 Å². The Hall–Kier alpha value is -2.44. The van der Waals surface area contributed by atoms with E-state index >= 15 is 0 Å². The molecular formula is C19H20Cl2N2O4. The van der Waals surface area contributed by atoms with Crippen LogP contribution in [0, 0.1) is 0 Å². The van der Waals surface area contributed by atoms with Crippen molar-refractivity contribution in [3.05, 3.63) is 57.6 Å². The van der Waals surface area contributed by atoms with Gasteiger partial charge in [-0.3, -0.25) is 4.79 Å². The van der Waals surface area contributed by atoms with Crippen molar-refractivity contribution in [1.82, 2.24) is 5.32 Å². The van der Waals surface area contributed by atoms with Gasteiger partial charge in [0.05, 0.1) is 17.3 Å². The zero-order valence-electron chi connectivity index (χ0n) is 14.9. The number of ether oxygens (including phenoxy) is 2. The highest BCUT2D eigenvalue weighted by molar-refractivity contribution is 6.36. The van der Waals surface area contributed by atoms with Crippen molar-refractivity contribution in [2.45, 2.75) is 26.5 Å². The van der Waals surface area contributed by atoms with Gasteiger partial charge in [0.15, 0.2) is 5.75 Å². The molecule has 0 radical (unpaired) electrons. The number of halogens is 2. The van der Waals surface area contributed by atoms with Crippen LogP contribution in [0.15, 0.2) is 36.4 Å². The third-order valence-corrected chi connectivity index (χ3v) is 4.12. The van der Waals surface area contributed by atoms with Crippen LogP contribution in [0.25, 0.3) is 0 Å².